The van der Waals surface area contributed by atoms with Gasteiger partial charge in [0.1, 0.15) is 24.4 Å². The fourth-order valence-corrected chi connectivity index (χ4v) is 10.6. The van der Waals surface area contributed by atoms with Gasteiger partial charge in [0.05, 0.1) is 30.8 Å². The van der Waals surface area contributed by atoms with Crippen LogP contribution in [-0.2, 0) is 47.5 Å². The molecular weight excluding hydrogens is 690 g/mol. The second-order valence-electron chi connectivity index (χ2n) is 16.8. The van der Waals surface area contributed by atoms with Crippen LogP contribution in [0.25, 0.3) is 0 Å². The summed E-state index contributed by atoms with van der Waals surface area (Å²) in [5.41, 5.74) is 0.757. The second kappa shape index (κ2) is 18.5. The van der Waals surface area contributed by atoms with E-state index < -0.39 is 12.4 Å². The molecule has 54 heavy (non-hydrogen) atoms. The van der Waals surface area contributed by atoms with Crippen LogP contribution in [-0.4, -0.2) is 119 Å². The molecule has 11 nitrogen and oxygen atoms in total. The minimum Gasteiger partial charge on any atom is -0.462 e. The Morgan fingerprint density at radius 3 is 2.33 bits per heavy atom. The number of nitrogens with zero attached hydrogens (tertiary/aromatic N) is 1. The molecule has 0 aromatic carbocycles. The summed E-state index contributed by atoms with van der Waals surface area (Å²) in [7, 11) is 7.08. The van der Waals surface area contributed by atoms with Crippen molar-refractivity contribution in [1.29, 1.82) is 0 Å². The number of Topliss-reactive ketones (excluding diaryl/α,β-unsaturated/α-hetero) is 1. The van der Waals surface area contributed by atoms with Gasteiger partial charge in [-0.25, -0.2) is 0 Å². The number of carbonyl (C=O) groups is 2. The topological polar surface area (TPSA) is 111 Å². The highest BCUT2D eigenvalue weighted by atomic mass is 16.7. The fourth-order valence-electron chi connectivity index (χ4n) is 10.6. The molecule has 3 heterocycles. The fraction of sp³-hybridized carbons (Fsp3) is 0.814. The number of esters is 1. The predicted octanol–water partition coefficient (Wildman–Crippen LogP) is 6.04. The highest BCUT2D eigenvalue weighted by Crippen LogP contribution is 2.54. The van der Waals surface area contributed by atoms with Crippen LogP contribution in [0.15, 0.2) is 36.5 Å². The number of hydrogen-bond donors (Lipinski definition) is 0. The Balaban J connectivity index is 1.19. The van der Waals surface area contributed by atoms with Crippen molar-refractivity contribution in [2.45, 2.75) is 153 Å². The molecule has 304 valence electrons. The summed E-state index contributed by atoms with van der Waals surface area (Å²) in [6, 6.07) is 0.286. The van der Waals surface area contributed by atoms with Crippen molar-refractivity contribution >= 4 is 11.8 Å². The molecule has 2 unspecified atom stereocenters. The normalized spacial score (nSPS) is 44.4. The van der Waals surface area contributed by atoms with Gasteiger partial charge >= 0.3 is 5.97 Å². The van der Waals surface area contributed by atoms with Crippen LogP contribution in [0.3, 0.4) is 0 Å². The van der Waals surface area contributed by atoms with Crippen LogP contribution in [0.5, 0.6) is 0 Å². The Bertz CT molecular complexity index is 1350. The summed E-state index contributed by atoms with van der Waals surface area (Å²) in [6.45, 7) is 12.9. The van der Waals surface area contributed by atoms with Crippen molar-refractivity contribution in [1.82, 2.24) is 4.90 Å². The predicted molar refractivity (Wildman–Crippen MR) is 203 cm³/mol. The number of carbonyl (C=O) groups excluding carboxylic acids is 2. The van der Waals surface area contributed by atoms with Gasteiger partial charge in [-0.2, -0.15) is 0 Å². The summed E-state index contributed by atoms with van der Waals surface area (Å²) >= 11 is 0. The monoisotopic (exact) mass is 757 g/mol. The largest absolute Gasteiger partial charge is 0.462 e. The van der Waals surface area contributed by atoms with Gasteiger partial charge in [-0.3, -0.25) is 14.5 Å². The van der Waals surface area contributed by atoms with Crippen molar-refractivity contribution in [3.8, 4) is 0 Å². The Hall–Kier alpha value is -1.96. The molecule has 17 atom stereocenters. The van der Waals surface area contributed by atoms with E-state index in [-0.39, 0.29) is 103 Å². The van der Waals surface area contributed by atoms with Gasteiger partial charge < -0.3 is 37.9 Å². The number of hydrogen-bond acceptors (Lipinski definition) is 11. The van der Waals surface area contributed by atoms with Crippen LogP contribution in [0.4, 0.5) is 0 Å². The highest BCUT2D eigenvalue weighted by molar-refractivity contribution is 5.99. The van der Waals surface area contributed by atoms with Crippen LogP contribution in [0.1, 0.15) is 85.5 Å². The van der Waals surface area contributed by atoms with Crippen LogP contribution in [0.2, 0.25) is 0 Å². The second-order valence-corrected chi connectivity index (χ2v) is 16.8. The van der Waals surface area contributed by atoms with Gasteiger partial charge in [0.25, 0.3) is 0 Å². The first-order valence-electron chi connectivity index (χ1n) is 20.7. The van der Waals surface area contributed by atoms with Gasteiger partial charge in [0.15, 0.2) is 18.4 Å². The summed E-state index contributed by atoms with van der Waals surface area (Å²) in [5, 5.41) is 0. The summed E-state index contributed by atoms with van der Waals surface area (Å²) in [5.74, 6) is -0.0433. The Morgan fingerprint density at radius 1 is 0.889 bits per heavy atom. The van der Waals surface area contributed by atoms with E-state index in [4.69, 9.17) is 37.9 Å². The number of ether oxygens (including phenoxy) is 8. The highest BCUT2D eigenvalue weighted by Gasteiger charge is 2.52. The molecule has 4 fully saturated rings. The van der Waals surface area contributed by atoms with Crippen molar-refractivity contribution in [2.24, 2.45) is 35.5 Å². The molecule has 0 radical (unpaired) electrons. The Morgan fingerprint density at radius 2 is 1.65 bits per heavy atom. The molecule has 3 aliphatic carbocycles. The van der Waals surface area contributed by atoms with Gasteiger partial charge in [-0.1, -0.05) is 38.2 Å². The molecule has 3 aliphatic heterocycles. The number of methoxy groups -OCH3 is 3. The number of rotatable bonds is 11. The molecule has 0 aromatic rings. The SMILES string of the molecule is C=CCN(C)[C@H]1CC[C@H](O[C@H]2CCC[C@H](CC)OC(=O)C[C@@H]3C(=C[C@@H]4[C@H]3C=C[C@@H]3C[C@@H](O[C@@H]5O[C@@H](C)[C@H](OC)[C@@H](OC)C5OC)C[C@@H]43)C(=O)[C@@H]2C)OC1C. The molecular formula is C43H67NO10. The van der Waals surface area contributed by atoms with Crippen molar-refractivity contribution < 1.29 is 47.5 Å². The van der Waals surface area contributed by atoms with E-state index >= 15 is 0 Å². The summed E-state index contributed by atoms with van der Waals surface area (Å²) in [6.07, 6.45) is 12.5. The third-order valence-corrected chi connectivity index (χ3v) is 13.6. The third-order valence-electron chi connectivity index (χ3n) is 13.6. The summed E-state index contributed by atoms with van der Waals surface area (Å²) in [4.78, 5) is 30.5. The lowest BCUT2D eigenvalue weighted by atomic mass is 9.70. The Kier molecular flexibility index (Phi) is 14.3. The molecule has 0 N–H and O–H groups in total. The van der Waals surface area contributed by atoms with Crippen molar-refractivity contribution in [3.05, 3.63) is 36.5 Å². The maximum Gasteiger partial charge on any atom is 0.306 e. The van der Waals surface area contributed by atoms with Crippen molar-refractivity contribution in [2.75, 3.05) is 34.9 Å². The first kappa shape index (κ1) is 41.7. The first-order chi connectivity index (χ1) is 26.0. The average molecular weight is 758 g/mol. The molecule has 0 spiro atoms. The van der Waals surface area contributed by atoms with Crippen LogP contribution >= 0.6 is 0 Å². The standard InChI is InChI=1S/C43H67NO10/c1-10-19-44(6)35-17-18-38(50-25(35)4)54-36-14-12-13-28(11-2)52-37(45)23-33-30-16-15-27-20-29(21-31(27)32(30)22-34(33)39(46)24(36)3)53-43-42(49-9)41(48-8)40(47-7)26(5)51-43/h10,15-16,22,24-33,35-36,38,40-43H,1,11-14,17-21,23H2,2-9H3/t24-,25?,26+,27-,28+,29-,30-,31-,32-,33+,35+,36+,38+,40+,41-,42?,43+/m1/s1. The van der Waals surface area contributed by atoms with E-state index in [1.165, 1.54) is 0 Å². The quantitative estimate of drug-likeness (QED) is 0.182. The molecule has 0 amide bonds. The molecule has 0 bridgehead atoms. The number of ketones is 1. The minimum absolute atomic E-state index is 0.00373. The van der Waals surface area contributed by atoms with E-state index in [1.807, 2.05) is 19.9 Å². The molecule has 3 saturated heterocycles. The van der Waals surface area contributed by atoms with E-state index in [2.05, 4.69) is 50.6 Å². The van der Waals surface area contributed by atoms with Crippen molar-refractivity contribution in [3.63, 3.8) is 0 Å². The minimum atomic E-state index is -0.598. The molecule has 0 aromatic heterocycles. The van der Waals surface area contributed by atoms with E-state index in [1.54, 1.807) is 21.3 Å². The number of cyclic esters (lactones) is 1. The average Bonchev–Trinajstić information content (AvgIpc) is 3.73. The number of allylic oxidation sites excluding steroid dienone is 4. The van der Waals surface area contributed by atoms with E-state index in [0.717, 1.165) is 57.1 Å². The first-order valence-corrected chi connectivity index (χ1v) is 20.7. The lowest BCUT2D eigenvalue weighted by Crippen LogP contribution is -2.59. The number of fused-ring (bicyclic) bond motifs is 5. The molecule has 1 saturated carbocycles. The Labute approximate surface area is 323 Å². The van der Waals surface area contributed by atoms with Gasteiger partial charge in [-0.15, -0.1) is 6.58 Å². The zero-order valence-electron chi connectivity index (χ0n) is 33.9. The van der Waals surface area contributed by atoms with Gasteiger partial charge in [0, 0.05) is 45.8 Å². The number of likely N-dealkylation sites (N-methyl/N-ethyl adjacent to an activating group) is 1. The van der Waals surface area contributed by atoms with E-state index in [9.17, 15) is 9.59 Å². The zero-order chi connectivity index (χ0) is 38.7. The van der Waals surface area contributed by atoms with Crippen LogP contribution < -0.4 is 0 Å². The van der Waals surface area contributed by atoms with Crippen LogP contribution in [0, 0.1) is 35.5 Å². The molecule has 6 rings (SSSR count). The summed E-state index contributed by atoms with van der Waals surface area (Å²) < 4.78 is 49.7. The van der Waals surface area contributed by atoms with Gasteiger partial charge in [-0.05, 0) is 102 Å². The maximum atomic E-state index is 14.7. The smallest absolute Gasteiger partial charge is 0.306 e. The lowest BCUT2D eigenvalue weighted by molar-refractivity contribution is -0.314. The maximum absolute atomic E-state index is 14.7. The van der Waals surface area contributed by atoms with E-state index in [0.29, 0.717) is 12.3 Å². The van der Waals surface area contributed by atoms with Gasteiger partial charge in [0.2, 0.25) is 0 Å². The lowest BCUT2D eigenvalue weighted by Gasteiger charge is -2.44. The zero-order valence-corrected chi connectivity index (χ0v) is 33.9. The molecule has 6 aliphatic rings. The molecule has 11 heteroatoms. The third kappa shape index (κ3) is 8.79.